The number of amides is 1. The van der Waals surface area contributed by atoms with Gasteiger partial charge in [-0.05, 0) is 25.5 Å². The monoisotopic (exact) mass is 242 g/mol. The minimum absolute atomic E-state index is 0.173. The highest BCUT2D eigenvalue weighted by atomic mass is 32.2. The second kappa shape index (κ2) is 5.41. The van der Waals surface area contributed by atoms with Crippen LogP contribution in [-0.4, -0.2) is 48.0 Å². The Balaban J connectivity index is 1.91. The standard InChI is InChI=1S/C12H22N2OS/c1-9(8-16-2)12(15)14-6-5-10-3-4-11(7-14)13-10/h9-11,13H,3-8H2,1-2H3. The highest BCUT2D eigenvalue weighted by molar-refractivity contribution is 7.98. The molecule has 2 saturated heterocycles. The van der Waals surface area contributed by atoms with E-state index in [1.807, 2.05) is 0 Å². The first-order chi connectivity index (χ1) is 7.70. The van der Waals surface area contributed by atoms with E-state index in [-0.39, 0.29) is 5.92 Å². The average Bonchev–Trinajstić information content (AvgIpc) is 2.58. The van der Waals surface area contributed by atoms with E-state index in [4.69, 9.17) is 0 Å². The van der Waals surface area contributed by atoms with Crippen molar-refractivity contribution in [3.8, 4) is 0 Å². The Morgan fingerprint density at radius 3 is 2.94 bits per heavy atom. The molecule has 2 bridgehead atoms. The lowest BCUT2D eigenvalue weighted by molar-refractivity contribution is -0.134. The maximum atomic E-state index is 12.2. The van der Waals surface area contributed by atoms with E-state index in [1.54, 1.807) is 11.8 Å². The SMILES string of the molecule is CSCC(C)C(=O)N1CCC2CCC(C1)N2. The highest BCUT2D eigenvalue weighted by Gasteiger charge is 2.32. The first-order valence-corrected chi connectivity index (χ1v) is 7.64. The van der Waals surface area contributed by atoms with E-state index in [1.165, 1.54) is 12.8 Å². The summed E-state index contributed by atoms with van der Waals surface area (Å²) in [4.78, 5) is 14.3. The molecule has 0 saturated carbocycles. The Bertz CT molecular complexity index is 259. The van der Waals surface area contributed by atoms with Gasteiger partial charge >= 0.3 is 0 Å². The van der Waals surface area contributed by atoms with Gasteiger partial charge < -0.3 is 10.2 Å². The molecule has 2 rings (SSSR count). The number of hydrogen-bond donors (Lipinski definition) is 1. The molecule has 0 radical (unpaired) electrons. The van der Waals surface area contributed by atoms with Crippen molar-refractivity contribution in [2.75, 3.05) is 25.1 Å². The molecule has 1 amide bonds. The number of carbonyl (C=O) groups is 1. The van der Waals surface area contributed by atoms with Gasteiger partial charge in [-0.1, -0.05) is 6.92 Å². The zero-order chi connectivity index (χ0) is 11.5. The first-order valence-electron chi connectivity index (χ1n) is 6.24. The first kappa shape index (κ1) is 12.2. The van der Waals surface area contributed by atoms with Crippen LogP contribution in [0.15, 0.2) is 0 Å². The van der Waals surface area contributed by atoms with Gasteiger partial charge in [-0.3, -0.25) is 4.79 Å². The molecule has 0 aromatic rings. The summed E-state index contributed by atoms with van der Waals surface area (Å²) < 4.78 is 0. The number of rotatable bonds is 3. The molecule has 3 nitrogen and oxygen atoms in total. The Morgan fingerprint density at radius 1 is 1.44 bits per heavy atom. The molecular formula is C12H22N2OS. The van der Waals surface area contributed by atoms with E-state index in [0.717, 1.165) is 25.3 Å². The molecule has 3 atom stereocenters. The third kappa shape index (κ3) is 2.72. The second-order valence-corrected chi connectivity index (χ2v) is 5.98. The van der Waals surface area contributed by atoms with E-state index in [2.05, 4.69) is 23.4 Å². The van der Waals surface area contributed by atoms with E-state index < -0.39 is 0 Å². The van der Waals surface area contributed by atoms with Crippen LogP contribution in [0.25, 0.3) is 0 Å². The van der Waals surface area contributed by atoms with Crippen LogP contribution in [0, 0.1) is 5.92 Å². The van der Waals surface area contributed by atoms with Crippen molar-refractivity contribution < 1.29 is 4.79 Å². The fourth-order valence-corrected chi connectivity index (χ4v) is 3.42. The summed E-state index contributed by atoms with van der Waals surface area (Å²) in [5, 5.41) is 3.61. The van der Waals surface area contributed by atoms with Crippen LogP contribution < -0.4 is 5.32 Å². The zero-order valence-electron chi connectivity index (χ0n) is 10.2. The zero-order valence-corrected chi connectivity index (χ0v) is 11.1. The molecule has 16 heavy (non-hydrogen) atoms. The summed E-state index contributed by atoms with van der Waals surface area (Å²) in [6, 6.07) is 1.22. The van der Waals surface area contributed by atoms with Crippen LogP contribution >= 0.6 is 11.8 Å². The molecular weight excluding hydrogens is 220 g/mol. The molecule has 92 valence electrons. The maximum Gasteiger partial charge on any atom is 0.226 e. The number of fused-ring (bicyclic) bond motifs is 2. The van der Waals surface area contributed by atoms with E-state index in [9.17, 15) is 4.79 Å². The molecule has 2 fully saturated rings. The minimum atomic E-state index is 0.173. The van der Waals surface area contributed by atoms with Gasteiger partial charge in [0.2, 0.25) is 5.91 Å². The molecule has 2 aliphatic heterocycles. The lowest BCUT2D eigenvalue weighted by atomic mass is 10.1. The molecule has 2 heterocycles. The fraction of sp³-hybridized carbons (Fsp3) is 0.917. The van der Waals surface area contributed by atoms with Crippen molar-refractivity contribution >= 4 is 17.7 Å². The van der Waals surface area contributed by atoms with Gasteiger partial charge in [0.05, 0.1) is 0 Å². The summed E-state index contributed by atoms with van der Waals surface area (Å²) in [6.45, 7) is 3.93. The van der Waals surface area contributed by atoms with Crippen molar-refractivity contribution in [1.29, 1.82) is 0 Å². The van der Waals surface area contributed by atoms with Gasteiger partial charge in [0, 0.05) is 36.8 Å². The van der Waals surface area contributed by atoms with Crippen molar-refractivity contribution in [3.63, 3.8) is 0 Å². The van der Waals surface area contributed by atoms with E-state index >= 15 is 0 Å². The summed E-state index contributed by atoms with van der Waals surface area (Å²) in [6.07, 6.45) is 5.74. The molecule has 2 aliphatic rings. The van der Waals surface area contributed by atoms with Crippen LogP contribution in [0.3, 0.4) is 0 Å². The molecule has 1 N–H and O–H groups in total. The number of nitrogens with one attached hydrogen (secondary N) is 1. The lowest BCUT2D eigenvalue weighted by Crippen LogP contribution is -2.41. The number of thioether (sulfide) groups is 1. The van der Waals surface area contributed by atoms with E-state index in [0.29, 0.717) is 18.0 Å². The van der Waals surface area contributed by atoms with Crippen molar-refractivity contribution in [1.82, 2.24) is 10.2 Å². The highest BCUT2D eigenvalue weighted by Crippen LogP contribution is 2.21. The number of nitrogens with zero attached hydrogens (tertiary/aromatic N) is 1. The predicted octanol–water partition coefficient (Wildman–Crippen LogP) is 1.34. The predicted molar refractivity (Wildman–Crippen MR) is 68.7 cm³/mol. The summed E-state index contributed by atoms with van der Waals surface area (Å²) in [5.41, 5.74) is 0. The van der Waals surface area contributed by atoms with Gasteiger partial charge in [0.25, 0.3) is 0 Å². The number of hydrogen-bond acceptors (Lipinski definition) is 3. The number of carbonyl (C=O) groups excluding carboxylic acids is 1. The summed E-state index contributed by atoms with van der Waals surface area (Å²) in [5.74, 6) is 1.46. The van der Waals surface area contributed by atoms with Crippen LogP contribution in [0.1, 0.15) is 26.2 Å². The Morgan fingerprint density at radius 2 is 2.19 bits per heavy atom. The van der Waals surface area contributed by atoms with Crippen molar-refractivity contribution in [2.45, 2.75) is 38.3 Å². The molecule has 3 unspecified atom stereocenters. The molecule has 0 spiro atoms. The largest absolute Gasteiger partial charge is 0.341 e. The van der Waals surface area contributed by atoms with Gasteiger partial charge in [-0.25, -0.2) is 0 Å². The molecule has 0 aromatic carbocycles. The summed E-state index contributed by atoms with van der Waals surface area (Å²) in [7, 11) is 0. The van der Waals surface area contributed by atoms with Gasteiger partial charge in [0.15, 0.2) is 0 Å². The van der Waals surface area contributed by atoms with Crippen LogP contribution in [-0.2, 0) is 4.79 Å². The third-order valence-corrected chi connectivity index (χ3v) is 4.51. The fourth-order valence-electron chi connectivity index (χ4n) is 2.78. The normalized spacial score (nSPS) is 31.2. The quantitative estimate of drug-likeness (QED) is 0.810. The average molecular weight is 242 g/mol. The minimum Gasteiger partial charge on any atom is -0.341 e. The van der Waals surface area contributed by atoms with Crippen molar-refractivity contribution in [2.24, 2.45) is 5.92 Å². The van der Waals surface area contributed by atoms with Crippen LogP contribution in [0.4, 0.5) is 0 Å². The smallest absolute Gasteiger partial charge is 0.226 e. The topological polar surface area (TPSA) is 32.3 Å². The van der Waals surface area contributed by atoms with Crippen LogP contribution in [0.2, 0.25) is 0 Å². The van der Waals surface area contributed by atoms with Gasteiger partial charge in [-0.2, -0.15) is 11.8 Å². The number of likely N-dealkylation sites (tertiary alicyclic amines) is 1. The Kier molecular flexibility index (Phi) is 4.14. The van der Waals surface area contributed by atoms with Gasteiger partial charge in [-0.15, -0.1) is 0 Å². The Hall–Kier alpha value is -0.220. The van der Waals surface area contributed by atoms with Crippen LogP contribution in [0.5, 0.6) is 0 Å². The molecule has 0 aliphatic carbocycles. The van der Waals surface area contributed by atoms with Crippen molar-refractivity contribution in [3.05, 3.63) is 0 Å². The van der Waals surface area contributed by atoms with Gasteiger partial charge in [0.1, 0.15) is 0 Å². The summed E-state index contributed by atoms with van der Waals surface area (Å²) >= 11 is 1.76. The Labute approximate surface area is 102 Å². The third-order valence-electron chi connectivity index (χ3n) is 3.67. The molecule has 4 heteroatoms. The second-order valence-electron chi connectivity index (χ2n) is 5.07. The molecule has 0 aromatic heterocycles. The lowest BCUT2D eigenvalue weighted by Gasteiger charge is -2.27. The maximum absolute atomic E-state index is 12.2.